The highest BCUT2D eigenvalue weighted by Gasteiger charge is 2.36. The van der Waals surface area contributed by atoms with Gasteiger partial charge in [0.15, 0.2) is 0 Å². The van der Waals surface area contributed by atoms with Crippen LogP contribution in [0.15, 0.2) is 18.2 Å². The molecule has 7 nitrogen and oxygen atoms in total. The maximum absolute atomic E-state index is 12.1. The Kier molecular flexibility index (Phi) is 3.46. The van der Waals surface area contributed by atoms with E-state index >= 15 is 0 Å². The maximum atomic E-state index is 12.1. The first-order chi connectivity index (χ1) is 8.81. The highest BCUT2D eigenvalue weighted by Crippen LogP contribution is 2.29. The van der Waals surface area contributed by atoms with Gasteiger partial charge < -0.3 is 30.4 Å². The fourth-order valence-electron chi connectivity index (χ4n) is 2.21. The molecule has 1 aromatic rings. The van der Waals surface area contributed by atoms with E-state index in [-0.39, 0.29) is 12.3 Å². The van der Waals surface area contributed by atoms with Crippen molar-refractivity contribution in [3.63, 3.8) is 0 Å². The number of carbonyl (C=O) groups excluding carboxylic acids is 1. The molecule has 19 heavy (non-hydrogen) atoms. The first kappa shape index (κ1) is 13.8. The minimum atomic E-state index is -2.95. The van der Waals surface area contributed by atoms with Gasteiger partial charge in [0.2, 0.25) is 0 Å². The fraction of sp³-hybridized carbons (Fsp3) is 0.417. The molecule has 5 N–H and O–H groups in total. The van der Waals surface area contributed by atoms with Crippen LogP contribution in [0.4, 0.5) is 0 Å². The van der Waals surface area contributed by atoms with Crippen molar-refractivity contribution in [2.45, 2.75) is 25.0 Å². The van der Waals surface area contributed by atoms with Crippen LogP contribution in [-0.2, 0) is 6.54 Å². The van der Waals surface area contributed by atoms with Gasteiger partial charge in [-0.25, -0.2) is 0 Å². The Balaban J connectivity index is 2.22. The molecule has 0 aromatic heterocycles. The zero-order valence-corrected chi connectivity index (χ0v) is 10.0. The Hall–Kier alpha value is -1.67. The minimum Gasteiger partial charge on any atom is -0.508 e. The number of rotatable bonds is 4. The van der Waals surface area contributed by atoms with Crippen LogP contribution in [0.5, 0.6) is 5.75 Å². The Morgan fingerprint density at radius 2 is 2.00 bits per heavy atom. The van der Waals surface area contributed by atoms with Crippen molar-refractivity contribution >= 4 is 5.91 Å². The first-order valence-electron chi connectivity index (χ1n) is 5.72. The Labute approximate surface area is 109 Å². The number of hydrogen-bond donors (Lipinski definition) is 5. The Bertz CT molecular complexity index is 495. The van der Waals surface area contributed by atoms with Gasteiger partial charge in [-0.15, -0.1) is 0 Å². The third-order valence-electron chi connectivity index (χ3n) is 3.08. The van der Waals surface area contributed by atoms with Crippen LogP contribution in [0.1, 0.15) is 22.3 Å². The molecule has 0 radical (unpaired) electrons. The molecule has 1 heterocycles. The molecule has 104 valence electrons. The van der Waals surface area contributed by atoms with Crippen LogP contribution < -0.4 is 0 Å². The summed E-state index contributed by atoms with van der Waals surface area (Å²) >= 11 is 0. The van der Waals surface area contributed by atoms with E-state index in [9.17, 15) is 15.0 Å². The largest absolute Gasteiger partial charge is 0.508 e. The second kappa shape index (κ2) is 4.78. The number of fused-ring (bicyclic) bond motifs is 1. The van der Waals surface area contributed by atoms with Crippen LogP contribution in [0.25, 0.3) is 0 Å². The summed E-state index contributed by atoms with van der Waals surface area (Å²) in [5.41, 5.74) is 0.971. The third kappa shape index (κ3) is 2.85. The number of benzene rings is 1. The van der Waals surface area contributed by atoms with E-state index in [1.54, 1.807) is 0 Å². The van der Waals surface area contributed by atoms with E-state index in [1.807, 2.05) is 0 Å². The molecule has 2 rings (SSSR count). The lowest BCUT2D eigenvalue weighted by Gasteiger charge is -2.29. The Morgan fingerprint density at radius 1 is 1.32 bits per heavy atom. The van der Waals surface area contributed by atoms with Crippen molar-refractivity contribution < 1.29 is 30.3 Å². The van der Waals surface area contributed by atoms with Gasteiger partial charge in [0, 0.05) is 12.1 Å². The van der Waals surface area contributed by atoms with Gasteiger partial charge in [-0.05, 0) is 23.8 Å². The van der Waals surface area contributed by atoms with Crippen LogP contribution in [0.3, 0.4) is 0 Å². The summed E-state index contributed by atoms with van der Waals surface area (Å²) in [4.78, 5) is 13.3. The molecule has 1 aliphatic heterocycles. The lowest BCUT2D eigenvalue weighted by atomic mass is 10.1. The lowest BCUT2D eigenvalue weighted by molar-refractivity contribution is -0.320. The van der Waals surface area contributed by atoms with E-state index in [0.29, 0.717) is 11.1 Å². The summed E-state index contributed by atoms with van der Waals surface area (Å²) in [5.74, 6) is -3.32. The number of aromatic hydroxyl groups is 1. The Morgan fingerprint density at radius 3 is 2.58 bits per heavy atom. The summed E-state index contributed by atoms with van der Waals surface area (Å²) in [6.07, 6.45) is -0.588. The van der Waals surface area contributed by atoms with Gasteiger partial charge in [0.1, 0.15) is 5.75 Å². The van der Waals surface area contributed by atoms with Crippen molar-refractivity contribution in [2.75, 3.05) is 6.61 Å². The van der Waals surface area contributed by atoms with Gasteiger partial charge >= 0.3 is 0 Å². The monoisotopic (exact) mass is 269 g/mol. The number of hydrogen-bond acceptors (Lipinski definition) is 6. The number of aliphatic hydroxyl groups excluding tert-OH is 1. The van der Waals surface area contributed by atoms with Crippen LogP contribution in [0, 0.1) is 0 Å². The number of phenols is 1. The standard InChI is InChI=1S/C12H15NO6/c14-6-8(4-12(17,18)19)13-5-7-3-9(15)1-2-10(7)11(13)16/h1-3,8,14-15,17-19H,4-6H2. The smallest absolute Gasteiger partial charge is 0.277 e. The molecule has 1 aromatic carbocycles. The van der Waals surface area contributed by atoms with Crippen LogP contribution in [0.2, 0.25) is 0 Å². The number of phenolic OH excluding ortho intramolecular Hbond substituents is 1. The van der Waals surface area contributed by atoms with E-state index in [2.05, 4.69) is 0 Å². The van der Waals surface area contributed by atoms with Crippen LogP contribution in [-0.4, -0.2) is 55.0 Å². The highest BCUT2D eigenvalue weighted by atomic mass is 16.7. The molecular weight excluding hydrogens is 254 g/mol. The second-order valence-corrected chi connectivity index (χ2v) is 4.59. The van der Waals surface area contributed by atoms with Crippen molar-refractivity contribution in [3.05, 3.63) is 29.3 Å². The molecule has 0 aliphatic carbocycles. The van der Waals surface area contributed by atoms with Crippen molar-refractivity contribution in [3.8, 4) is 5.75 Å². The second-order valence-electron chi connectivity index (χ2n) is 4.59. The van der Waals surface area contributed by atoms with E-state index in [1.165, 1.54) is 23.1 Å². The molecule has 1 aliphatic rings. The summed E-state index contributed by atoms with van der Waals surface area (Å²) in [7, 11) is 0. The first-order valence-corrected chi connectivity index (χ1v) is 5.72. The molecule has 0 bridgehead atoms. The van der Waals surface area contributed by atoms with Crippen LogP contribution >= 0.6 is 0 Å². The van der Waals surface area contributed by atoms with Gasteiger partial charge in [0.05, 0.1) is 19.1 Å². The molecule has 1 unspecified atom stereocenters. The number of amides is 1. The zero-order chi connectivity index (χ0) is 14.2. The average molecular weight is 269 g/mol. The number of aliphatic hydroxyl groups is 4. The van der Waals surface area contributed by atoms with Crippen molar-refractivity contribution in [1.29, 1.82) is 0 Å². The average Bonchev–Trinajstić information content (AvgIpc) is 2.62. The third-order valence-corrected chi connectivity index (χ3v) is 3.08. The van der Waals surface area contributed by atoms with E-state index in [0.717, 1.165) is 0 Å². The van der Waals surface area contributed by atoms with E-state index in [4.69, 9.17) is 15.3 Å². The fourth-order valence-corrected chi connectivity index (χ4v) is 2.21. The zero-order valence-electron chi connectivity index (χ0n) is 10.0. The van der Waals surface area contributed by atoms with Gasteiger partial charge in [-0.1, -0.05) is 0 Å². The molecule has 1 atom stereocenters. The van der Waals surface area contributed by atoms with Crippen molar-refractivity contribution in [1.82, 2.24) is 4.90 Å². The number of nitrogens with zero attached hydrogens (tertiary/aromatic N) is 1. The molecule has 1 amide bonds. The molecule has 0 spiro atoms. The topological polar surface area (TPSA) is 121 Å². The van der Waals surface area contributed by atoms with Gasteiger partial charge in [0.25, 0.3) is 11.9 Å². The summed E-state index contributed by atoms with van der Waals surface area (Å²) in [6, 6.07) is 3.35. The molecule has 0 fully saturated rings. The SMILES string of the molecule is O=C1c2ccc(O)cc2CN1C(CO)CC(O)(O)O. The maximum Gasteiger partial charge on any atom is 0.277 e. The molecule has 0 saturated carbocycles. The lowest BCUT2D eigenvalue weighted by Crippen LogP contribution is -2.44. The van der Waals surface area contributed by atoms with Crippen molar-refractivity contribution in [2.24, 2.45) is 0 Å². The molecule has 0 saturated heterocycles. The predicted octanol–water partition coefficient (Wildman–Crippen LogP) is -1.27. The van der Waals surface area contributed by atoms with Gasteiger partial charge in [-0.3, -0.25) is 4.79 Å². The van der Waals surface area contributed by atoms with Gasteiger partial charge in [-0.2, -0.15) is 0 Å². The highest BCUT2D eigenvalue weighted by molar-refractivity contribution is 5.98. The molecule has 7 heteroatoms. The van der Waals surface area contributed by atoms with E-state index < -0.39 is 30.9 Å². The number of carbonyl (C=O) groups is 1. The quantitative estimate of drug-likeness (QED) is 0.434. The normalized spacial score (nSPS) is 16.6. The predicted molar refractivity (Wildman–Crippen MR) is 62.9 cm³/mol. The minimum absolute atomic E-state index is 0.0229. The summed E-state index contributed by atoms with van der Waals surface area (Å²) in [5, 5.41) is 45.4. The summed E-state index contributed by atoms with van der Waals surface area (Å²) < 4.78 is 0. The molecular formula is C12H15NO6. The summed E-state index contributed by atoms with van der Waals surface area (Å²) in [6.45, 7) is -0.390.